The average molecular weight is 206 g/mol. The van der Waals surface area contributed by atoms with E-state index in [4.69, 9.17) is 4.74 Å². The van der Waals surface area contributed by atoms with Gasteiger partial charge in [-0.3, -0.25) is 0 Å². The molecule has 1 aromatic carbocycles. The summed E-state index contributed by atoms with van der Waals surface area (Å²) in [5, 5.41) is 0. The molecule has 0 aliphatic heterocycles. The Kier molecular flexibility index (Phi) is 4.94. The Labute approximate surface area is 90.5 Å². The minimum absolute atomic E-state index is 0.547. The molecule has 0 fully saturated rings. The fourth-order valence-electron chi connectivity index (χ4n) is 1.02. The number of hydrogen-bond acceptors (Lipinski definition) is 2. The van der Waals surface area contributed by atoms with Crippen LogP contribution in [0, 0.1) is 0 Å². The standard InChI is InChI=1S/C12H14OS/c1-2-9-13-12-7-5-11(6-8-12)4-3-10-14/h2-8,14H,1,9-10H2. The van der Waals surface area contributed by atoms with Crippen molar-refractivity contribution in [3.8, 4) is 5.75 Å². The van der Waals surface area contributed by atoms with E-state index in [1.54, 1.807) is 6.08 Å². The molecule has 0 aliphatic rings. The lowest BCUT2D eigenvalue weighted by molar-refractivity contribution is 0.363. The Hall–Kier alpha value is -1.15. The van der Waals surface area contributed by atoms with Crippen LogP contribution in [0.15, 0.2) is 43.0 Å². The van der Waals surface area contributed by atoms with Gasteiger partial charge in [-0.1, -0.05) is 36.9 Å². The van der Waals surface area contributed by atoms with Gasteiger partial charge in [0.1, 0.15) is 12.4 Å². The van der Waals surface area contributed by atoms with Gasteiger partial charge in [0, 0.05) is 5.75 Å². The van der Waals surface area contributed by atoms with Crippen LogP contribution in [0.4, 0.5) is 0 Å². The summed E-state index contributed by atoms with van der Waals surface area (Å²) in [6, 6.07) is 7.92. The van der Waals surface area contributed by atoms with Crippen LogP contribution in [0.25, 0.3) is 6.08 Å². The first kappa shape index (κ1) is 10.9. The molecule has 0 heterocycles. The zero-order valence-electron chi connectivity index (χ0n) is 8.02. The third kappa shape index (κ3) is 3.71. The van der Waals surface area contributed by atoms with E-state index >= 15 is 0 Å². The highest BCUT2D eigenvalue weighted by molar-refractivity contribution is 7.80. The predicted octanol–water partition coefficient (Wildman–Crippen LogP) is 3.19. The summed E-state index contributed by atoms with van der Waals surface area (Å²) in [5.74, 6) is 1.63. The second-order valence-electron chi connectivity index (χ2n) is 2.75. The fourth-order valence-corrected chi connectivity index (χ4v) is 1.12. The summed E-state index contributed by atoms with van der Waals surface area (Å²) >= 11 is 4.09. The van der Waals surface area contributed by atoms with Gasteiger partial charge in [0.05, 0.1) is 0 Å². The van der Waals surface area contributed by atoms with Gasteiger partial charge in [-0.25, -0.2) is 0 Å². The highest BCUT2D eigenvalue weighted by Crippen LogP contribution is 2.13. The molecule has 0 aliphatic carbocycles. The summed E-state index contributed by atoms with van der Waals surface area (Å²) in [6.45, 7) is 4.14. The lowest BCUT2D eigenvalue weighted by Crippen LogP contribution is -1.91. The fraction of sp³-hybridized carbons (Fsp3) is 0.167. The van der Waals surface area contributed by atoms with Crippen LogP contribution in [0.1, 0.15) is 5.56 Å². The van der Waals surface area contributed by atoms with Gasteiger partial charge in [0.15, 0.2) is 0 Å². The maximum Gasteiger partial charge on any atom is 0.119 e. The minimum Gasteiger partial charge on any atom is -0.490 e. The molecule has 1 aromatic rings. The zero-order chi connectivity index (χ0) is 10.2. The molecule has 1 nitrogen and oxygen atoms in total. The normalized spacial score (nSPS) is 10.4. The lowest BCUT2D eigenvalue weighted by atomic mass is 10.2. The van der Waals surface area contributed by atoms with Gasteiger partial charge in [0.25, 0.3) is 0 Å². The Balaban J connectivity index is 2.58. The first-order valence-electron chi connectivity index (χ1n) is 4.48. The van der Waals surface area contributed by atoms with Crippen LogP contribution in [0.3, 0.4) is 0 Å². The van der Waals surface area contributed by atoms with E-state index in [0.29, 0.717) is 6.61 Å². The zero-order valence-corrected chi connectivity index (χ0v) is 8.91. The second kappa shape index (κ2) is 6.33. The van der Waals surface area contributed by atoms with Gasteiger partial charge >= 0.3 is 0 Å². The molecule has 0 amide bonds. The Morgan fingerprint density at radius 2 is 2.00 bits per heavy atom. The van der Waals surface area contributed by atoms with Gasteiger partial charge in [-0.15, -0.1) is 0 Å². The van der Waals surface area contributed by atoms with Crippen molar-refractivity contribution >= 4 is 18.7 Å². The molecule has 0 atom stereocenters. The van der Waals surface area contributed by atoms with Crippen LogP contribution < -0.4 is 4.74 Å². The molecule has 0 aromatic heterocycles. The van der Waals surface area contributed by atoms with Crippen molar-refractivity contribution in [3.05, 3.63) is 48.6 Å². The number of hydrogen-bond donors (Lipinski definition) is 1. The maximum absolute atomic E-state index is 5.36. The molecule has 1 rings (SSSR count). The average Bonchev–Trinajstić information content (AvgIpc) is 2.25. The van der Waals surface area contributed by atoms with Gasteiger partial charge in [-0.2, -0.15) is 12.6 Å². The van der Waals surface area contributed by atoms with E-state index in [2.05, 4.69) is 19.2 Å². The van der Waals surface area contributed by atoms with Crippen molar-refractivity contribution in [1.29, 1.82) is 0 Å². The first-order valence-corrected chi connectivity index (χ1v) is 5.11. The van der Waals surface area contributed by atoms with Gasteiger partial charge in [0.2, 0.25) is 0 Å². The molecular formula is C12H14OS. The highest BCUT2D eigenvalue weighted by atomic mass is 32.1. The van der Waals surface area contributed by atoms with Crippen LogP contribution in [0.5, 0.6) is 5.75 Å². The van der Waals surface area contributed by atoms with E-state index in [1.165, 1.54) is 0 Å². The maximum atomic E-state index is 5.36. The Bertz CT molecular complexity index is 301. The molecule has 0 N–H and O–H groups in total. The van der Waals surface area contributed by atoms with Crippen LogP contribution in [-0.2, 0) is 0 Å². The Morgan fingerprint density at radius 1 is 1.29 bits per heavy atom. The second-order valence-corrected chi connectivity index (χ2v) is 3.12. The summed E-state index contributed by atoms with van der Waals surface area (Å²) in [6.07, 6.45) is 5.77. The lowest BCUT2D eigenvalue weighted by Gasteiger charge is -2.02. The number of benzene rings is 1. The Morgan fingerprint density at radius 3 is 2.57 bits per heavy atom. The van der Waals surface area contributed by atoms with Crippen LogP contribution in [-0.4, -0.2) is 12.4 Å². The molecule has 2 heteroatoms. The van der Waals surface area contributed by atoms with E-state index in [9.17, 15) is 0 Å². The van der Waals surface area contributed by atoms with Crippen molar-refractivity contribution < 1.29 is 4.74 Å². The molecule has 0 spiro atoms. The number of ether oxygens (including phenoxy) is 1. The molecule has 0 radical (unpaired) electrons. The first-order chi connectivity index (χ1) is 6.86. The SMILES string of the molecule is C=CCOc1ccc(C=CCS)cc1. The number of rotatable bonds is 5. The van der Waals surface area contributed by atoms with Crippen molar-refractivity contribution in [2.75, 3.05) is 12.4 Å². The number of thiol groups is 1. The largest absolute Gasteiger partial charge is 0.490 e. The third-order valence-electron chi connectivity index (χ3n) is 1.66. The third-order valence-corrected chi connectivity index (χ3v) is 1.87. The topological polar surface area (TPSA) is 9.23 Å². The van der Waals surface area contributed by atoms with Crippen molar-refractivity contribution in [1.82, 2.24) is 0 Å². The monoisotopic (exact) mass is 206 g/mol. The smallest absolute Gasteiger partial charge is 0.119 e. The van der Waals surface area contributed by atoms with Gasteiger partial charge < -0.3 is 4.74 Å². The summed E-state index contributed by atoms with van der Waals surface area (Å²) in [5.41, 5.74) is 1.16. The molecular weight excluding hydrogens is 192 g/mol. The van der Waals surface area contributed by atoms with Crippen molar-refractivity contribution in [2.45, 2.75) is 0 Å². The van der Waals surface area contributed by atoms with E-state index < -0.39 is 0 Å². The van der Waals surface area contributed by atoms with Crippen LogP contribution in [0.2, 0.25) is 0 Å². The molecule has 74 valence electrons. The van der Waals surface area contributed by atoms with E-state index in [1.807, 2.05) is 36.4 Å². The van der Waals surface area contributed by atoms with Gasteiger partial charge in [-0.05, 0) is 17.7 Å². The molecule has 0 bridgehead atoms. The molecule has 0 saturated heterocycles. The van der Waals surface area contributed by atoms with E-state index in [-0.39, 0.29) is 0 Å². The molecule has 0 unspecified atom stereocenters. The molecule has 0 saturated carbocycles. The summed E-state index contributed by atoms with van der Waals surface area (Å²) in [4.78, 5) is 0. The van der Waals surface area contributed by atoms with Crippen LogP contribution >= 0.6 is 12.6 Å². The molecule has 14 heavy (non-hydrogen) atoms. The van der Waals surface area contributed by atoms with Crippen molar-refractivity contribution in [3.63, 3.8) is 0 Å². The quantitative estimate of drug-likeness (QED) is 0.575. The predicted molar refractivity (Wildman–Crippen MR) is 65.0 cm³/mol. The summed E-state index contributed by atoms with van der Waals surface area (Å²) < 4.78 is 5.36. The summed E-state index contributed by atoms with van der Waals surface area (Å²) in [7, 11) is 0. The minimum atomic E-state index is 0.547. The van der Waals surface area contributed by atoms with Crippen molar-refractivity contribution in [2.24, 2.45) is 0 Å². The van der Waals surface area contributed by atoms with E-state index in [0.717, 1.165) is 17.1 Å². The highest BCUT2D eigenvalue weighted by Gasteiger charge is 1.90.